The van der Waals surface area contributed by atoms with E-state index in [0.717, 1.165) is 45.7 Å². The minimum absolute atomic E-state index is 0.0364. The highest BCUT2D eigenvalue weighted by atomic mass is 16.2. The molecule has 4 rings (SSSR count). The molecule has 1 fully saturated rings. The third-order valence-electron chi connectivity index (χ3n) is 6.29. The summed E-state index contributed by atoms with van der Waals surface area (Å²) in [5, 5.41) is 0. The van der Waals surface area contributed by atoms with Crippen molar-refractivity contribution < 1.29 is 9.69 Å². The van der Waals surface area contributed by atoms with Gasteiger partial charge in [0.05, 0.1) is 26.2 Å². The molecule has 0 aromatic heterocycles. The molecule has 1 saturated heterocycles. The molecule has 0 aliphatic carbocycles. The lowest BCUT2D eigenvalue weighted by molar-refractivity contribution is -0.915. The van der Waals surface area contributed by atoms with E-state index in [1.54, 1.807) is 0 Å². The molecule has 0 saturated carbocycles. The van der Waals surface area contributed by atoms with Gasteiger partial charge < -0.3 is 14.7 Å². The average molecular weight is 365 g/mol. The molecule has 2 aliphatic heterocycles. The second kappa shape index (κ2) is 7.73. The van der Waals surface area contributed by atoms with Gasteiger partial charge in [0.2, 0.25) is 0 Å². The first-order valence-corrected chi connectivity index (χ1v) is 10.1. The quantitative estimate of drug-likeness (QED) is 0.897. The van der Waals surface area contributed by atoms with Crippen LogP contribution < -0.4 is 9.80 Å². The first kappa shape index (κ1) is 18.1. The van der Waals surface area contributed by atoms with Gasteiger partial charge in [-0.2, -0.15) is 0 Å². The van der Waals surface area contributed by atoms with Gasteiger partial charge >= 0.3 is 0 Å². The van der Waals surface area contributed by atoms with Crippen molar-refractivity contribution in [3.05, 3.63) is 65.2 Å². The number of carbonyl (C=O) groups is 1. The fourth-order valence-electron chi connectivity index (χ4n) is 4.52. The van der Waals surface area contributed by atoms with Crippen molar-refractivity contribution >= 4 is 11.6 Å². The van der Waals surface area contributed by atoms with E-state index in [1.165, 1.54) is 27.3 Å². The predicted molar refractivity (Wildman–Crippen MR) is 109 cm³/mol. The van der Waals surface area contributed by atoms with Gasteiger partial charge in [-0.25, -0.2) is 0 Å². The van der Waals surface area contributed by atoms with Gasteiger partial charge in [0.15, 0.2) is 6.04 Å². The molecule has 0 radical (unpaired) electrons. The fraction of sp³-hybridized carbons (Fsp3) is 0.435. The van der Waals surface area contributed by atoms with Gasteiger partial charge in [-0.05, 0) is 43.0 Å². The summed E-state index contributed by atoms with van der Waals surface area (Å²) in [6.07, 6.45) is 0.977. The highest BCUT2D eigenvalue weighted by Crippen LogP contribution is 2.20. The summed E-state index contributed by atoms with van der Waals surface area (Å²) < 4.78 is 0. The molecule has 2 aromatic rings. The van der Waals surface area contributed by atoms with Crippen molar-refractivity contribution in [2.45, 2.75) is 32.9 Å². The number of nitrogens with one attached hydrogen (secondary N) is 1. The van der Waals surface area contributed by atoms with Crippen LogP contribution in [0.5, 0.6) is 0 Å². The predicted octanol–water partition coefficient (Wildman–Crippen LogP) is 1.67. The van der Waals surface area contributed by atoms with E-state index in [9.17, 15) is 4.79 Å². The Labute approximate surface area is 162 Å². The zero-order chi connectivity index (χ0) is 18.8. The molecule has 2 aliphatic rings. The molecule has 1 atom stereocenters. The van der Waals surface area contributed by atoms with Crippen molar-refractivity contribution in [1.82, 2.24) is 4.90 Å². The molecular formula is C23H30N3O+. The monoisotopic (exact) mass is 364 g/mol. The van der Waals surface area contributed by atoms with Crippen molar-refractivity contribution in [3.8, 4) is 0 Å². The van der Waals surface area contributed by atoms with E-state index in [4.69, 9.17) is 0 Å². The molecule has 0 bridgehead atoms. The van der Waals surface area contributed by atoms with Crippen LogP contribution in [0.15, 0.2) is 48.5 Å². The number of nitrogens with zero attached hydrogens (tertiary/aromatic N) is 2. The molecular weight excluding hydrogens is 334 g/mol. The highest BCUT2D eigenvalue weighted by molar-refractivity contribution is 5.80. The van der Waals surface area contributed by atoms with Crippen molar-refractivity contribution in [3.63, 3.8) is 0 Å². The maximum Gasteiger partial charge on any atom is 0.280 e. The lowest BCUT2D eigenvalue weighted by Gasteiger charge is -2.38. The van der Waals surface area contributed by atoms with Crippen LogP contribution in [0.4, 0.5) is 5.69 Å². The SMILES string of the molecule is Cc1ccccc1N1CC[NH+]([C@@H](C)C(=O)N2CCc3ccccc3C2)CC1. The van der Waals surface area contributed by atoms with Crippen LogP contribution in [0.3, 0.4) is 0 Å². The first-order valence-electron chi connectivity index (χ1n) is 10.1. The molecule has 2 aromatic carbocycles. The van der Waals surface area contributed by atoms with Crippen LogP contribution in [0, 0.1) is 6.92 Å². The number of quaternary nitrogens is 1. The van der Waals surface area contributed by atoms with Crippen LogP contribution in [0.2, 0.25) is 0 Å². The van der Waals surface area contributed by atoms with Gasteiger partial charge in [-0.1, -0.05) is 42.5 Å². The van der Waals surface area contributed by atoms with Gasteiger partial charge in [-0.15, -0.1) is 0 Å². The molecule has 0 spiro atoms. The van der Waals surface area contributed by atoms with E-state index in [2.05, 4.69) is 72.2 Å². The zero-order valence-electron chi connectivity index (χ0n) is 16.4. The topological polar surface area (TPSA) is 28.0 Å². The van der Waals surface area contributed by atoms with Crippen LogP contribution in [0.1, 0.15) is 23.6 Å². The summed E-state index contributed by atoms with van der Waals surface area (Å²) in [5.41, 5.74) is 5.37. The summed E-state index contributed by atoms with van der Waals surface area (Å²) in [4.78, 5) is 19.1. The maximum absolute atomic E-state index is 13.1. The molecule has 1 N–H and O–H groups in total. The summed E-state index contributed by atoms with van der Waals surface area (Å²) in [7, 11) is 0. The van der Waals surface area contributed by atoms with Crippen LogP contribution in [-0.4, -0.2) is 49.6 Å². The number of rotatable bonds is 3. The minimum atomic E-state index is 0.0364. The van der Waals surface area contributed by atoms with E-state index < -0.39 is 0 Å². The Balaban J connectivity index is 1.36. The molecule has 27 heavy (non-hydrogen) atoms. The number of anilines is 1. The number of benzene rings is 2. The van der Waals surface area contributed by atoms with Gasteiger partial charge in [-0.3, -0.25) is 4.79 Å². The first-order chi connectivity index (χ1) is 13.1. The summed E-state index contributed by atoms with van der Waals surface area (Å²) >= 11 is 0. The number of amides is 1. The fourth-order valence-corrected chi connectivity index (χ4v) is 4.52. The van der Waals surface area contributed by atoms with Gasteiger partial charge in [0.1, 0.15) is 0 Å². The average Bonchev–Trinajstić information content (AvgIpc) is 2.73. The van der Waals surface area contributed by atoms with Crippen molar-refractivity contribution in [1.29, 1.82) is 0 Å². The summed E-state index contributed by atoms with van der Waals surface area (Å²) in [6.45, 7) is 9.97. The Morgan fingerprint density at radius 2 is 1.63 bits per heavy atom. The number of piperazine rings is 1. The lowest BCUT2D eigenvalue weighted by atomic mass is 9.99. The summed E-state index contributed by atoms with van der Waals surface area (Å²) in [6, 6.07) is 17.1. The number of aryl methyl sites for hydroxylation is 1. The zero-order valence-corrected chi connectivity index (χ0v) is 16.4. The van der Waals surface area contributed by atoms with E-state index in [-0.39, 0.29) is 6.04 Å². The number of hydrogen-bond donors (Lipinski definition) is 1. The smallest absolute Gasteiger partial charge is 0.280 e. The standard InChI is InChI=1S/C23H29N3O/c1-18-7-3-6-10-22(18)25-15-13-24(14-16-25)19(2)23(27)26-12-11-20-8-4-5-9-21(20)17-26/h3-10,19H,11-17H2,1-2H3/p+1/t19-/m0/s1. The Morgan fingerprint density at radius 1 is 0.963 bits per heavy atom. The largest absolute Gasteiger partial charge is 0.360 e. The minimum Gasteiger partial charge on any atom is -0.360 e. The Morgan fingerprint density at radius 3 is 2.37 bits per heavy atom. The van der Waals surface area contributed by atoms with Gasteiger partial charge in [0, 0.05) is 18.8 Å². The van der Waals surface area contributed by atoms with Crippen LogP contribution >= 0.6 is 0 Å². The van der Waals surface area contributed by atoms with Crippen LogP contribution in [0.25, 0.3) is 0 Å². The Hall–Kier alpha value is -2.33. The lowest BCUT2D eigenvalue weighted by Crippen LogP contribution is -3.19. The number of hydrogen-bond acceptors (Lipinski definition) is 2. The number of fused-ring (bicyclic) bond motifs is 1. The second-order valence-corrected chi connectivity index (χ2v) is 7.93. The second-order valence-electron chi connectivity index (χ2n) is 7.93. The Kier molecular flexibility index (Phi) is 5.17. The van der Waals surface area contributed by atoms with Crippen LogP contribution in [-0.2, 0) is 17.8 Å². The molecule has 2 heterocycles. The molecule has 1 amide bonds. The number of para-hydroxylation sites is 1. The third kappa shape index (κ3) is 3.72. The third-order valence-corrected chi connectivity index (χ3v) is 6.29. The molecule has 0 unspecified atom stereocenters. The van der Waals surface area contributed by atoms with Gasteiger partial charge in [0.25, 0.3) is 5.91 Å². The summed E-state index contributed by atoms with van der Waals surface area (Å²) in [5.74, 6) is 0.309. The van der Waals surface area contributed by atoms with E-state index in [1.807, 2.05) is 0 Å². The highest BCUT2D eigenvalue weighted by Gasteiger charge is 2.33. The molecule has 4 nitrogen and oxygen atoms in total. The molecule has 142 valence electrons. The van der Waals surface area contributed by atoms with E-state index >= 15 is 0 Å². The number of carbonyl (C=O) groups excluding carboxylic acids is 1. The Bertz CT molecular complexity index is 811. The normalized spacial score (nSPS) is 18.9. The van der Waals surface area contributed by atoms with Crippen molar-refractivity contribution in [2.24, 2.45) is 0 Å². The maximum atomic E-state index is 13.1. The molecule has 4 heteroatoms. The van der Waals surface area contributed by atoms with Crippen molar-refractivity contribution in [2.75, 3.05) is 37.6 Å². The van der Waals surface area contributed by atoms with E-state index in [0.29, 0.717) is 5.91 Å².